The lowest BCUT2D eigenvalue weighted by molar-refractivity contribution is -0.139. The molecule has 0 saturated heterocycles. The molecular weight excluding hydrogens is 307 g/mol. The fraction of sp³-hybridized carbons (Fsp3) is 0.824. The number of rotatable bonds is 13. The minimum atomic E-state index is -0.695. The van der Waals surface area contributed by atoms with Crippen molar-refractivity contribution in [3.63, 3.8) is 0 Å². The molecule has 0 radical (unpaired) electrons. The van der Waals surface area contributed by atoms with Crippen molar-refractivity contribution in [1.82, 2.24) is 0 Å². The van der Waals surface area contributed by atoms with Crippen molar-refractivity contribution in [2.75, 3.05) is 6.61 Å². The summed E-state index contributed by atoms with van der Waals surface area (Å²) in [4.78, 5) is 11.2. The Morgan fingerprint density at radius 3 is 2.10 bits per heavy atom. The minimum absolute atomic E-state index is 0.350. The molecule has 0 aliphatic rings. The van der Waals surface area contributed by atoms with Crippen LogP contribution in [0.3, 0.4) is 0 Å². The largest absolute Gasteiger partial charge is 0.462 e. The van der Waals surface area contributed by atoms with Gasteiger partial charge in [0.1, 0.15) is 4.33 Å². The van der Waals surface area contributed by atoms with E-state index >= 15 is 0 Å². The van der Waals surface area contributed by atoms with E-state index in [0.29, 0.717) is 25.0 Å². The zero-order valence-corrected chi connectivity index (χ0v) is 15.1. The SMILES string of the molecule is C=C(C)C(=O)OCCCC(Cl)(Cl)CCCCCCCCC. The van der Waals surface area contributed by atoms with Crippen molar-refractivity contribution in [3.8, 4) is 0 Å². The molecule has 0 unspecified atom stereocenters. The molecule has 0 fully saturated rings. The molecule has 0 aromatic carbocycles. The number of alkyl halides is 2. The number of ether oxygens (including phenoxy) is 1. The number of hydrogen-bond acceptors (Lipinski definition) is 2. The van der Waals surface area contributed by atoms with Gasteiger partial charge in [0, 0.05) is 5.57 Å². The first-order valence-electron chi connectivity index (χ1n) is 8.09. The molecule has 0 heterocycles. The maximum atomic E-state index is 11.2. The Kier molecular flexibility index (Phi) is 12.2. The van der Waals surface area contributed by atoms with Gasteiger partial charge in [0.25, 0.3) is 0 Å². The van der Waals surface area contributed by atoms with Crippen molar-refractivity contribution in [2.24, 2.45) is 0 Å². The van der Waals surface area contributed by atoms with Gasteiger partial charge in [-0.25, -0.2) is 4.79 Å². The summed E-state index contributed by atoms with van der Waals surface area (Å²) >= 11 is 12.6. The first-order chi connectivity index (χ1) is 9.89. The lowest BCUT2D eigenvalue weighted by Gasteiger charge is -2.19. The first-order valence-corrected chi connectivity index (χ1v) is 8.85. The average Bonchev–Trinajstić information content (AvgIpc) is 2.42. The van der Waals surface area contributed by atoms with Gasteiger partial charge in [0.15, 0.2) is 0 Å². The molecule has 2 nitrogen and oxygen atoms in total. The third-order valence-electron chi connectivity index (χ3n) is 3.41. The molecule has 0 saturated carbocycles. The van der Waals surface area contributed by atoms with Crippen LogP contribution in [0.5, 0.6) is 0 Å². The van der Waals surface area contributed by atoms with Gasteiger partial charge < -0.3 is 4.74 Å². The van der Waals surface area contributed by atoms with Crippen molar-refractivity contribution >= 4 is 29.2 Å². The second kappa shape index (κ2) is 12.3. The van der Waals surface area contributed by atoms with E-state index in [2.05, 4.69) is 13.5 Å². The second-order valence-corrected chi connectivity index (χ2v) is 7.39. The normalized spacial score (nSPS) is 11.4. The first kappa shape index (κ1) is 20.8. The maximum absolute atomic E-state index is 11.2. The van der Waals surface area contributed by atoms with Crippen LogP contribution in [0.2, 0.25) is 0 Å². The number of carbonyl (C=O) groups is 1. The van der Waals surface area contributed by atoms with Crippen LogP contribution in [0.25, 0.3) is 0 Å². The van der Waals surface area contributed by atoms with Crippen LogP contribution < -0.4 is 0 Å². The summed E-state index contributed by atoms with van der Waals surface area (Å²) in [5.41, 5.74) is 0.418. The Morgan fingerprint density at radius 1 is 1.00 bits per heavy atom. The Hall–Kier alpha value is -0.210. The number of halogens is 2. The molecule has 0 spiro atoms. The third kappa shape index (κ3) is 13.2. The molecule has 21 heavy (non-hydrogen) atoms. The van der Waals surface area contributed by atoms with Gasteiger partial charge in [0.2, 0.25) is 0 Å². The van der Waals surface area contributed by atoms with Crippen LogP contribution in [0, 0.1) is 0 Å². The topological polar surface area (TPSA) is 26.3 Å². The smallest absolute Gasteiger partial charge is 0.333 e. The lowest BCUT2D eigenvalue weighted by atomic mass is 10.1. The van der Waals surface area contributed by atoms with E-state index in [-0.39, 0.29) is 5.97 Å². The summed E-state index contributed by atoms with van der Waals surface area (Å²) in [6.45, 7) is 7.74. The van der Waals surface area contributed by atoms with E-state index in [0.717, 1.165) is 12.8 Å². The molecule has 0 rings (SSSR count). The van der Waals surface area contributed by atoms with Crippen molar-refractivity contribution in [2.45, 2.75) is 82.4 Å². The zero-order valence-electron chi connectivity index (χ0n) is 13.6. The van der Waals surface area contributed by atoms with Crippen molar-refractivity contribution in [3.05, 3.63) is 12.2 Å². The van der Waals surface area contributed by atoms with Crippen LogP contribution in [0.1, 0.15) is 78.1 Å². The van der Waals surface area contributed by atoms with Crippen LogP contribution in [0.4, 0.5) is 0 Å². The highest BCUT2D eigenvalue weighted by molar-refractivity contribution is 6.48. The molecule has 0 amide bonds. The fourth-order valence-corrected chi connectivity index (χ4v) is 2.62. The Labute approximate surface area is 140 Å². The molecule has 0 aliphatic carbocycles. The highest BCUT2D eigenvalue weighted by Gasteiger charge is 2.22. The van der Waals surface area contributed by atoms with Gasteiger partial charge in [-0.1, -0.05) is 58.4 Å². The highest BCUT2D eigenvalue weighted by atomic mass is 35.5. The number of hydrogen-bond donors (Lipinski definition) is 0. The summed E-state index contributed by atoms with van der Waals surface area (Å²) in [7, 11) is 0. The van der Waals surface area contributed by atoms with Crippen LogP contribution >= 0.6 is 23.2 Å². The van der Waals surface area contributed by atoms with Crippen LogP contribution in [0.15, 0.2) is 12.2 Å². The van der Waals surface area contributed by atoms with Crippen LogP contribution in [-0.2, 0) is 9.53 Å². The summed E-state index contributed by atoms with van der Waals surface area (Å²) in [6, 6.07) is 0. The van der Waals surface area contributed by atoms with Crippen molar-refractivity contribution in [1.29, 1.82) is 0 Å². The quantitative estimate of drug-likeness (QED) is 0.173. The van der Waals surface area contributed by atoms with E-state index in [4.69, 9.17) is 27.9 Å². The molecule has 0 bridgehead atoms. The monoisotopic (exact) mass is 336 g/mol. The predicted octanol–water partition coefficient (Wildman–Crippen LogP) is 6.20. The fourth-order valence-electron chi connectivity index (χ4n) is 2.08. The standard InChI is InChI=1S/C17H30Cl2O2/c1-4-5-6-7-8-9-10-12-17(18,19)13-11-14-21-16(20)15(2)3/h2,4-14H2,1,3H3. The van der Waals surface area contributed by atoms with Gasteiger partial charge in [0.05, 0.1) is 6.61 Å². The Morgan fingerprint density at radius 2 is 1.52 bits per heavy atom. The summed E-state index contributed by atoms with van der Waals surface area (Å²) in [5, 5.41) is 0. The van der Waals surface area contributed by atoms with E-state index < -0.39 is 4.33 Å². The maximum Gasteiger partial charge on any atom is 0.333 e. The zero-order chi connectivity index (χ0) is 16.1. The van der Waals surface area contributed by atoms with E-state index in [9.17, 15) is 4.79 Å². The summed E-state index contributed by atoms with van der Waals surface area (Å²) in [6.07, 6.45) is 10.9. The Balaban J connectivity index is 3.55. The molecule has 0 aliphatic heterocycles. The van der Waals surface area contributed by atoms with E-state index in [1.807, 2.05) is 0 Å². The number of carbonyl (C=O) groups excluding carboxylic acids is 1. The van der Waals surface area contributed by atoms with Crippen LogP contribution in [-0.4, -0.2) is 16.9 Å². The average molecular weight is 337 g/mol. The molecule has 0 N–H and O–H groups in total. The molecule has 124 valence electrons. The molecule has 0 atom stereocenters. The highest BCUT2D eigenvalue weighted by Crippen LogP contribution is 2.33. The summed E-state index contributed by atoms with van der Waals surface area (Å²) in [5.74, 6) is -0.350. The van der Waals surface area contributed by atoms with Gasteiger partial charge in [-0.05, 0) is 26.2 Å². The third-order valence-corrected chi connectivity index (χ3v) is 4.17. The van der Waals surface area contributed by atoms with Gasteiger partial charge in [-0.2, -0.15) is 0 Å². The predicted molar refractivity (Wildman–Crippen MR) is 92.1 cm³/mol. The Bertz CT molecular complexity index is 301. The lowest BCUT2D eigenvalue weighted by Crippen LogP contribution is -2.15. The van der Waals surface area contributed by atoms with Gasteiger partial charge in [-0.15, -0.1) is 23.2 Å². The molecule has 4 heteroatoms. The molecule has 0 aromatic rings. The summed E-state index contributed by atoms with van der Waals surface area (Å²) < 4.78 is 4.33. The molecule has 0 aromatic heterocycles. The number of esters is 1. The minimum Gasteiger partial charge on any atom is -0.462 e. The number of unbranched alkanes of at least 4 members (excludes halogenated alkanes) is 6. The molecular formula is C17H30Cl2O2. The van der Waals surface area contributed by atoms with E-state index in [1.54, 1.807) is 6.92 Å². The second-order valence-electron chi connectivity index (χ2n) is 5.75. The van der Waals surface area contributed by atoms with Gasteiger partial charge >= 0.3 is 5.97 Å². The van der Waals surface area contributed by atoms with E-state index in [1.165, 1.54) is 38.5 Å². The van der Waals surface area contributed by atoms with Gasteiger partial charge in [-0.3, -0.25) is 0 Å². The van der Waals surface area contributed by atoms with Crippen molar-refractivity contribution < 1.29 is 9.53 Å².